The van der Waals surface area contributed by atoms with Gasteiger partial charge in [0.05, 0.1) is 18.0 Å². The van der Waals surface area contributed by atoms with E-state index in [9.17, 15) is 13.6 Å². The molecule has 1 N–H and O–H groups in total. The fourth-order valence-corrected chi connectivity index (χ4v) is 3.19. The van der Waals surface area contributed by atoms with Gasteiger partial charge in [0.1, 0.15) is 17.5 Å². The number of thioether (sulfide) groups is 1. The minimum absolute atomic E-state index is 0.00334. The SMILES string of the molecule is C[C@H](C1CC1)n1nccc1NC(=O)CSc1cc(F)ccc1F. The van der Waals surface area contributed by atoms with Crippen molar-refractivity contribution in [3.63, 3.8) is 0 Å². The van der Waals surface area contributed by atoms with E-state index in [1.807, 2.05) is 4.68 Å². The Bertz CT molecular complexity index is 715. The molecule has 23 heavy (non-hydrogen) atoms. The number of hydrogen-bond donors (Lipinski definition) is 1. The van der Waals surface area contributed by atoms with Crippen molar-refractivity contribution in [1.29, 1.82) is 0 Å². The second-order valence-corrected chi connectivity index (χ2v) is 6.67. The van der Waals surface area contributed by atoms with Crippen molar-refractivity contribution in [3.8, 4) is 0 Å². The van der Waals surface area contributed by atoms with Crippen molar-refractivity contribution >= 4 is 23.5 Å². The van der Waals surface area contributed by atoms with Gasteiger partial charge < -0.3 is 5.32 Å². The Labute approximate surface area is 137 Å². The molecule has 1 aromatic carbocycles. The molecule has 0 spiro atoms. The van der Waals surface area contributed by atoms with E-state index >= 15 is 0 Å². The molecular weight excluding hydrogens is 320 g/mol. The number of benzene rings is 1. The number of amides is 1. The monoisotopic (exact) mass is 337 g/mol. The lowest BCUT2D eigenvalue weighted by Gasteiger charge is -2.15. The van der Waals surface area contributed by atoms with E-state index < -0.39 is 11.6 Å². The zero-order chi connectivity index (χ0) is 16.4. The first kappa shape index (κ1) is 16.0. The Balaban J connectivity index is 1.59. The lowest BCUT2D eigenvalue weighted by atomic mass is 10.2. The van der Waals surface area contributed by atoms with Crippen LogP contribution in [-0.4, -0.2) is 21.4 Å². The summed E-state index contributed by atoms with van der Waals surface area (Å²) in [6, 6.07) is 5.18. The fourth-order valence-electron chi connectivity index (χ4n) is 2.43. The molecule has 0 aliphatic heterocycles. The van der Waals surface area contributed by atoms with Gasteiger partial charge in [-0.05, 0) is 43.9 Å². The van der Waals surface area contributed by atoms with E-state index in [1.165, 1.54) is 12.8 Å². The topological polar surface area (TPSA) is 46.9 Å². The first-order valence-corrected chi connectivity index (χ1v) is 8.44. The zero-order valence-corrected chi connectivity index (χ0v) is 13.4. The Morgan fingerprint density at radius 3 is 2.96 bits per heavy atom. The minimum Gasteiger partial charge on any atom is -0.310 e. The fraction of sp³-hybridized carbons (Fsp3) is 0.375. The van der Waals surface area contributed by atoms with E-state index in [-0.39, 0.29) is 22.6 Å². The average molecular weight is 337 g/mol. The number of hydrogen-bond acceptors (Lipinski definition) is 3. The molecule has 1 fully saturated rings. The van der Waals surface area contributed by atoms with Crippen molar-refractivity contribution in [2.75, 3.05) is 11.1 Å². The van der Waals surface area contributed by atoms with E-state index in [4.69, 9.17) is 0 Å². The molecule has 1 heterocycles. The lowest BCUT2D eigenvalue weighted by Crippen LogP contribution is -2.19. The van der Waals surface area contributed by atoms with Crippen molar-refractivity contribution in [2.45, 2.75) is 30.7 Å². The van der Waals surface area contributed by atoms with Gasteiger partial charge in [-0.3, -0.25) is 4.79 Å². The third-order valence-electron chi connectivity index (χ3n) is 3.88. The maximum Gasteiger partial charge on any atom is 0.235 e. The molecule has 1 aromatic heterocycles. The third-order valence-corrected chi connectivity index (χ3v) is 4.91. The number of nitrogens with zero attached hydrogens (tertiary/aromatic N) is 2. The Morgan fingerprint density at radius 2 is 2.22 bits per heavy atom. The number of carbonyl (C=O) groups is 1. The van der Waals surface area contributed by atoms with E-state index in [0.717, 1.165) is 30.0 Å². The molecule has 4 nitrogen and oxygen atoms in total. The number of rotatable bonds is 6. The van der Waals surface area contributed by atoms with Gasteiger partial charge in [0.25, 0.3) is 0 Å². The van der Waals surface area contributed by atoms with Crippen LogP contribution in [0.4, 0.5) is 14.6 Å². The van der Waals surface area contributed by atoms with Gasteiger partial charge in [0.2, 0.25) is 5.91 Å². The van der Waals surface area contributed by atoms with Crippen LogP contribution in [0.25, 0.3) is 0 Å². The van der Waals surface area contributed by atoms with Crippen molar-refractivity contribution < 1.29 is 13.6 Å². The maximum atomic E-state index is 13.5. The summed E-state index contributed by atoms with van der Waals surface area (Å²) in [5.74, 6) is -0.0784. The second kappa shape index (κ2) is 6.70. The normalized spacial score (nSPS) is 15.4. The van der Waals surface area contributed by atoms with Crippen LogP contribution in [0.1, 0.15) is 25.8 Å². The summed E-state index contributed by atoms with van der Waals surface area (Å²) in [4.78, 5) is 12.2. The van der Waals surface area contributed by atoms with Crippen LogP contribution >= 0.6 is 11.8 Å². The predicted molar refractivity (Wildman–Crippen MR) is 85.4 cm³/mol. The number of nitrogens with one attached hydrogen (secondary N) is 1. The first-order chi connectivity index (χ1) is 11.0. The molecule has 1 saturated carbocycles. The largest absolute Gasteiger partial charge is 0.310 e. The summed E-state index contributed by atoms with van der Waals surface area (Å²) in [5, 5.41) is 7.04. The van der Waals surface area contributed by atoms with Gasteiger partial charge in [0, 0.05) is 11.0 Å². The quantitative estimate of drug-likeness (QED) is 0.814. The minimum atomic E-state index is -0.531. The molecule has 0 unspecified atom stereocenters. The van der Waals surface area contributed by atoms with Crippen molar-refractivity contribution in [2.24, 2.45) is 5.92 Å². The maximum absolute atomic E-state index is 13.5. The smallest absolute Gasteiger partial charge is 0.235 e. The third kappa shape index (κ3) is 3.90. The molecule has 2 aromatic rings. The van der Waals surface area contributed by atoms with Gasteiger partial charge in [-0.15, -0.1) is 11.8 Å². The second-order valence-electron chi connectivity index (χ2n) is 5.65. The summed E-state index contributed by atoms with van der Waals surface area (Å²) < 4.78 is 28.4. The number of halogens is 2. The van der Waals surface area contributed by atoms with Crippen LogP contribution in [0, 0.1) is 17.6 Å². The standard InChI is InChI=1S/C16H17F2N3OS/c1-10(11-2-3-11)21-15(6-7-19-21)20-16(22)9-23-14-8-12(17)4-5-13(14)18/h4-8,10-11H,2-3,9H2,1H3,(H,20,22)/t10-/m1/s1. The molecule has 1 atom stereocenters. The molecular formula is C16H17F2N3OS. The molecule has 1 aliphatic carbocycles. The van der Waals surface area contributed by atoms with Crippen molar-refractivity contribution in [1.82, 2.24) is 9.78 Å². The highest BCUT2D eigenvalue weighted by Gasteiger charge is 2.30. The Morgan fingerprint density at radius 1 is 1.43 bits per heavy atom. The highest BCUT2D eigenvalue weighted by molar-refractivity contribution is 8.00. The number of aromatic nitrogens is 2. The van der Waals surface area contributed by atoms with Gasteiger partial charge in [-0.1, -0.05) is 0 Å². The molecule has 3 rings (SSSR count). The average Bonchev–Trinajstić information content (AvgIpc) is 3.28. The van der Waals surface area contributed by atoms with E-state index in [2.05, 4.69) is 17.3 Å². The summed E-state index contributed by atoms with van der Waals surface area (Å²) in [6.45, 7) is 2.08. The molecule has 0 bridgehead atoms. The Kier molecular flexibility index (Phi) is 4.66. The van der Waals surface area contributed by atoms with E-state index in [0.29, 0.717) is 11.7 Å². The molecule has 122 valence electrons. The van der Waals surface area contributed by atoms with Crippen LogP contribution in [0.5, 0.6) is 0 Å². The first-order valence-electron chi connectivity index (χ1n) is 7.46. The van der Waals surface area contributed by atoms with Crippen LogP contribution in [0.15, 0.2) is 35.4 Å². The van der Waals surface area contributed by atoms with Gasteiger partial charge in [0.15, 0.2) is 0 Å². The number of carbonyl (C=O) groups excluding carboxylic acids is 1. The molecule has 0 radical (unpaired) electrons. The summed E-state index contributed by atoms with van der Waals surface area (Å²) in [6.07, 6.45) is 4.01. The highest BCUT2D eigenvalue weighted by Crippen LogP contribution is 2.40. The number of anilines is 1. The van der Waals surface area contributed by atoms with Crippen molar-refractivity contribution in [3.05, 3.63) is 42.1 Å². The summed E-state index contributed by atoms with van der Waals surface area (Å²) in [5.41, 5.74) is 0. The lowest BCUT2D eigenvalue weighted by molar-refractivity contribution is -0.113. The molecule has 1 aliphatic rings. The molecule has 1 amide bonds. The summed E-state index contributed by atoms with van der Waals surface area (Å²) in [7, 11) is 0. The molecule has 0 saturated heterocycles. The van der Waals surface area contributed by atoms with Gasteiger partial charge in [-0.25, -0.2) is 13.5 Å². The highest BCUT2D eigenvalue weighted by atomic mass is 32.2. The van der Waals surface area contributed by atoms with Gasteiger partial charge in [-0.2, -0.15) is 5.10 Å². The van der Waals surface area contributed by atoms with Crippen LogP contribution in [0.2, 0.25) is 0 Å². The Hall–Kier alpha value is -1.89. The zero-order valence-electron chi connectivity index (χ0n) is 12.6. The predicted octanol–water partition coefficient (Wildman–Crippen LogP) is 3.86. The molecule has 7 heteroatoms. The van der Waals surface area contributed by atoms with Gasteiger partial charge >= 0.3 is 0 Å². The van der Waals surface area contributed by atoms with E-state index in [1.54, 1.807) is 12.3 Å². The summed E-state index contributed by atoms with van der Waals surface area (Å²) >= 11 is 0.967. The van der Waals surface area contributed by atoms with Crippen LogP contribution < -0.4 is 5.32 Å². The van der Waals surface area contributed by atoms with Crippen LogP contribution in [0.3, 0.4) is 0 Å². The van der Waals surface area contributed by atoms with Crippen LogP contribution in [-0.2, 0) is 4.79 Å².